The third kappa shape index (κ3) is 1.05. The third-order valence-corrected chi connectivity index (χ3v) is 3.38. The number of nitrogens with one attached hydrogen (secondary N) is 1. The van der Waals surface area contributed by atoms with Crippen LogP contribution in [0.5, 0.6) is 0 Å². The fraction of sp³-hybridized carbons (Fsp3) is 0.545. The summed E-state index contributed by atoms with van der Waals surface area (Å²) in [6.45, 7) is 2.78. The van der Waals surface area contributed by atoms with Gasteiger partial charge >= 0.3 is 0 Å². The molecule has 0 aliphatic carbocycles. The van der Waals surface area contributed by atoms with Crippen LogP contribution in [0.3, 0.4) is 0 Å². The Morgan fingerprint density at radius 2 is 2.21 bits per heavy atom. The first-order valence-electron chi connectivity index (χ1n) is 5.18. The lowest BCUT2D eigenvalue weighted by atomic mass is 9.79. The molecule has 1 spiro atoms. The maximum Gasteiger partial charge on any atom is 0.0715 e. The Bertz CT molecular complexity index is 339. The molecule has 1 aromatic heterocycles. The van der Waals surface area contributed by atoms with E-state index in [-0.39, 0.29) is 5.41 Å². The van der Waals surface area contributed by atoms with E-state index in [9.17, 15) is 0 Å². The van der Waals surface area contributed by atoms with Crippen LogP contribution in [0.4, 0.5) is 5.69 Å². The van der Waals surface area contributed by atoms with Gasteiger partial charge in [0.15, 0.2) is 0 Å². The smallest absolute Gasteiger partial charge is 0.0715 e. The van der Waals surface area contributed by atoms with Gasteiger partial charge in [-0.05, 0) is 25.0 Å². The van der Waals surface area contributed by atoms with E-state index < -0.39 is 0 Å². The highest BCUT2D eigenvalue weighted by Gasteiger charge is 2.41. The molecule has 0 unspecified atom stereocenters. The van der Waals surface area contributed by atoms with Gasteiger partial charge in [-0.25, -0.2) is 0 Å². The summed E-state index contributed by atoms with van der Waals surface area (Å²) < 4.78 is 5.42. The second-order valence-electron chi connectivity index (χ2n) is 4.15. The number of hydrogen-bond acceptors (Lipinski definition) is 3. The van der Waals surface area contributed by atoms with Crippen LogP contribution in [0.25, 0.3) is 0 Å². The van der Waals surface area contributed by atoms with Gasteiger partial charge in [0, 0.05) is 31.4 Å². The highest BCUT2D eigenvalue weighted by atomic mass is 16.5. The van der Waals surface area contributed by atoms with E-state index >= 15 is 0 Å². The van der Waals surface area contributed by atoms with E-state index in [1.54, 1.807) is 0 Å². The van der Waals surface area contributed by atoms with Crippen molar-refractivity contribution < 1.29 is 4.74 Å². The van der Waals surface area contributed by atoms with E-state index in [4.69, 9.17) is 4.74 Å². The van der Waals surface area contributed by atoms with Crippen molar-refractivity contribution >= 4 is 5.69 Å². The third-order valence-electron chi connectivity index (χ3n) is 3.38. The summed E-state index contributed by atoms with van der Waals surface area (Å²) in [5, 5.41) is 3.44. The molecule has 3 rings (SSSR count). The summed E-state index contributed by atoms with van der Waals surface area (Å²) >= 11 is 0. The monoisotopic (exact) mass is 190 g/mol. The first-order valence-corrected chi connectivity index (χ1v) is 5.18. The zero-order chi connectivity index (χ0) is 9.43. The van der Waals surface area contributed by atoms with Gasteiger partial charge < -0.3 is 10.1 Å². The van der Waals surface area contributed by atoms with Crippen molar-refractivity contribution in [2.75, 3.05) is 25.1 Å². The van der Waals surface area contributed by atoms with Gasteiger partial charge in [0.25, 0.3) is 0 Å². The molecule has 1 fully saturated rings. The van der Waals surface area contributed by atoms with Crippen LogP contribution in [0.15, 0.2) is 18.3 Å². The van der Waals surface area contributed by atoms with Gasteiger partial charge in [0.1, 0.15) is 0 Å². The predicted octanol–water partition coefficient (Wildman–Crippen LogP) is 1.56. The van der Waals surface area contributed by atoms with E-state index in [1.165, 1.54) is 11.4 Å². The molecule has 3 heteroatoms. The molecule has 74 valence electrons. The maximum atomic E-state index is 5.42. The first-order chi connectivity index (χ1) is 6.91. The molecule has 3 heterocycles. The van der Waals surface area contributed by atoms with Crippen LogP contribution in [0, 0.1) is 0 Å². The number of nitrogens with zero attached hydrogens (tertiary/aromatic N) is 1. The normalized spacial score (nSPS) is 23.1. The Morgan fingerprint density at radius 3 is 3.07 bits per heavy atom. The Balaban J connectivity index is 2.03. The van der Waals surface area contributed by atoms with Gasteiger partial charge in [-0.1, -0.05) is 0 Å². The molecular formula is C11H14N2O. The van der Waals surface area contributed by atoms with Crippen molar-refractivity contribution in [3.63, 3.8) is 0 Å². The molecular weight excluding hydrogens is 176 g/mol. The van der Waals surface area contributed by atoms with Crippen LogP contribution >= 0.6 is 0 Å². The number of pyridine rings is 1. The van der Waals surface area contributed by atoms with Gasteiger partial charge in [-0.3, -0.25) is 4.98 Å². The van der Waals surface area contributed by atoms with Gasteiger partial charge in [0.05, 0.1) is 11.4 Å². The van der Waals surface area contributed by atoms with E-state index in [1.807, 2.05) is 12.3 Å². The minimum absolute atomic E-state index is 0.259. The van der Waals surface area contributed by atoms with E-state index in [0.717, 1.165) is 32.6 Å². The van der Waals surface area contributed by atoms with Crippen LogP contribution in [-0.2, 0) is 10.2 Å². The SMILES string of the molecule is c1cnc2c(c1)NCC21CCOCC1. The molecule has 0 aromatic carbocycles. The van der Waals surface area contributed by atoms with Gasteiger partial charge in [-0.2, -0.15) is 0 Å². The molecule has 1 N–H and O–H groups in total. The molecule has 0 saturated carbocycles. The van der Waals surface area contributed by atoms with Crippen molar-refractivity contribution in [1.82, 2.24) is 4.98 Å². The largest absolute Gasteiger partial charge is 0.383 e. The zero-order valence-corrected chi connectivity index (χ0v) is 8.12. The summed E-state index contributed by atoms with van der Waals surface area (Å²) in [5.41, 5.74) is 2.73. The Morgan fingerprint density at radius 1 is 1.36 bits per heavy atom. The molecule has 0 atom stereocenters. The van der Waals surface area contributed by atoms with Crippen molar-refractivity contribution in [1.29, 1.82) is 0 Å². The van der Waals surface area contributed by atoms with Gasteiger partial charge in [0.2, 0.25) is 0 Å². The molecule has 0 radical (unpaired) electrons. The van der Waals surface area contributed by atoms with Crippen LogP contribution in [0.1, 0.15) is 18.5 Å². The second-order valence-corrected chi connectivity index (χ2v) is 4.15. The number of anilines is 1. The summed E-state index contributed by atoms with van der Waals surface area (Å²) in [6.07, 6.45) is 4.09. The standard InChI is InChI=1S/C11H14N2O/c1-2-9-10(12-5-1)11(8-13-9)3-6-14-7-4-11/h1-2,5,13H,3-4,6-8H2. The Kier molecular flexibility index (Phi) is 1.74. The summed E-state index contributed by atoms with van der Waals surface area (Å²) in [5.74, 6) is 0. The fourth-order valence-corrected chi connectivity index (χ4v) is 2.49. The van der Waals surface area contributed by atoms with Gasteiger partial charge in [-0.15, -0.1) is 0 Å². The molecule has 14 heavy (non-hydrogen) atoms. The summed E-state index contributed by atoms with van der Waals surface area (Å²) in [7, 11) is 0. The van der Waals surface area contributed by atoms with Crippen molar-refractivity contribution in [2.24, 2.45) is 0 Å². The topological polar surface area (TPSA) is 34.2 Å². The lowest BCUT2D eigenvalue weighted by Crippen LogP contribution is -2.36. The first kappa shape index (κ1) is 8.24. The molecule has 0 amide bonds. The van der Waals surface area contributed by atoms with E-state index in [2.05, 4.69) is 16.4 Å². The fourth-order valence-electron chi connectivity index (χ4n) is 2.49. The number of hydrogen-bond donors (Lipinski definition) is 1. The summed E-state index contributed by atoms with van der Waals surface area (Å²) in [4.78, 5) is 4.52. The van der Waals surface area contributed by atoms with Crippen LogP contribution < -0.4 is 5.32 Å². The quantitative estimate of drug-likeness (QED) is 0.674. The van der Waals surface area contributed by atoms with Crippen molar-refractivity contribution in [3.8, 4) is 0 Å². The van der Waals surface area contributed by atoms with E-state index in [0.29, 0.717) is 0 Å². The number of aromatic nitrogens is 1. The number of rotatable bonds is 0. The molecule has 3 nitrogen and oxygen atoms in total. The predicted molar refractivity (Wildman–Crippen MR) is 54.5 cm³/mol. The van der Waals surface area contributed by atoms with Crippen LogP contribution in [0.2, 0.25) is 0 Å². The average Bonchev–Trinajstić information content (AvgIpc) is 2.60. The second kappa shape index (κ2) is 2.95. The minimum atomic E-state index is 0.259. The highest BCUT2D eigenvalue weighted by molar-refractivity contribution is 5.57. The van der Waals surface area contributed by atoms with Crippen molar-refractivity contribution in [2.45, 2.75) is 18.3 Å². The number of fused-ring (bicyclic) bond motifs is 2. The molecule has 1 saturated heterocycles. The Hall–Kier alpha value is -1.09. The number of ether oxygens (including phenoxy) is 1. The molecule has 2 aliphatic heterocycles. The Labute approximate surface area is 83.5 Å². The highest BCUT2D eigenvalue weighted by Crippen LogP contribution is 2.41. The maximum absolute atomic E-state index is 5.42. The summed E-state index contributed by atoms with van der Waals surface area (Å²) in [6, 6.07) is 4.11. The molecule has 2 aliphatic rings. The van der Waals surface area contributed by atoms with Crippen LogP contribution in [-0.4, -0.2) is 24.7 Å². The molecule has 1 aromatic rings. The lowest BCUT2D eigenvalue weighted by molar-refractivity contribution is 0.0554. The van der Waals surface area contributed by atoms with Crippen molar-refractivity contribution in [3.05, 3.63) is 24.0 Å². The zero-order valence-electron chi connectivity index (χ0n) is 8.12. The minimum Gasteiger partial charge on any atom is -0.383 e. The lowest BCUT2D eigenvalue weighted by Gasteiger charge is -2.32. The molecule has 0 bridgehead atoms. The average molecular weight is 190 g/mol.